The topological polar surface area (TPSA) is 41.1 Å². The predicted octanol–water partition coefficient (Wildman–Crippen LogP) is 1.48. The monoisotopic (exact) mass is 218 g/mol. The molecule has 1 fully saturated rings. The molecule has 86 valence electrons. The first-order chi connectivity index (χ1) is 7.75. The van der Waals surface area contributed by atoms with Crippen LogP contribution < -0.4 is 10.6 Å². The molecule has 3 heteroatoms. The maximum absolute atomic E-state index is 11.9. The van der Waals surface area contributed by atoms with E-state index in [-0.39, 0.29) is 11.9 Å². The van der Waals surface area contributed by atoms with Crippen molar-refractivity contribution in [1.82, 2.24) is 10.6 Å². The summed E-state index contributed by atoms with van der Waals surface area (Å²) in [5.41, 5.74) is 1.87. The van der Waals surface area contributed by atoms with E-state index in [1.54, 1.807) is 0 Å². The van der Waals surface area contributed by atoms with Gasteiger partial charge in [0.1, 0.15) is 0 Å². The molecule has 1 unspecified atom stereocenters. The molecular formula is C13H18N2O. The Hall–Kier alpha value is -1.35. The first-order valence-electron chi connectivity index (χ1n) is 5.84. The molecule has 3 nitrogen and oxygen atoms in total. The highest BCUT2D eigenvalue weighted by molar-refractivity contribution is 5.94. The minimum Gasteiger partial charge on any atom is -0.348 e. The van der Waals surface area contributed by atoms with Gasteiger partial charge in [0.15, 0.2) is 0 Å². The van der Waals surface area contributed by atoms with Crippen molar-refractivity contribution in [3.63, 3.8) is 0 Å². The van der Waals surface area contributed by atoms with E-state index in [4.69, 9.17) is 0 Å². The lowest BCUT2D eigenvalue weighted by atomic mass is 10.1. The summed E-state index contributed by atoms with van der Waals surface area (Å²) in [7, 11) is 0. The van der Waals surface area contributed by atoms with Crippen LogP contribution in [0.1, 0.15) is 28.8 Å². The first kappa shape index (κ1) is 11.1. The van der Waals surface area contributed by atoms with Crippen LogP contribution in [0.25, 0.3) is 0 Å². The highest BCUT2D eigenvalue weighted by Crippen LogP contribution is 2.06. The molecule has 1 aromatic carbocycles. The van der Waals surface area contributed by atoms with E-state index in [9.17, 15) is 4.79 Å². The van der Waals surface area contributed by atoms with E-state index in [2.05, 4.69) is 10.6 Å². The van der Waals surface area contributed by atoms with Gasteiger partial charge in [-0.2, -0.15) is 0 Å². The molecule has 1 atom stereocenters. The minimum absolute atomic E-state index is 0.0393. The Morgan fingerprint density at radius 2 is 2.38 bits per heavy atom. The van der Waals surface area contributed by atoms with Crippen LogP contribution in [0.2, 0.25) is 0 Å². The largest absolute Gasteiger partial charge is 0.348 e. The number of rotatable bonds is 2. The molecule has 1 amide bonds. The zero-order chi connectivity index (χ0) is 11.4. The number of aryl methyl sites for hydroxylation is 1. The first-order valence-corrected chi connectivity index (χ1v) is 5.84. The summed E-state index contributed by atoms with van der Waals surface area (Å²) in [5.74, 6) is 0.0393. The Kier molecular flexibility index (Phi) is 3.57. The van der Waals surface area contributed by atoms with E-state index in [1.165, 1.54) is 0 Å². The Morgan fingerprint density at radius 3 is 3.06 bits per heavy atom. The van der Waals surface area contributed by atoms with Crippen LogP contribution in [0.3, 0.4) is 0 Å². The van der Waals surface area contributed by atoms with Crippen molar-refractivity contribution in [2.24, 2.45) is 0 Å². The fourth-order valence-electron chi connectivity index (χ4n) is 2.03. The Bertz CT molecular complexity index is 370. The number of nitrogens with one attached hydrogen (secondary N) is 2. The number of hydrogen-bond donors (Lipinski definition) is 2. The van der Waals surface area contributed by atoms with E-state index >= 15 is 0 Å². The van der Waals surface area contributed by atoms with Crippen molar-refractivity contribution in [3.8, 4) is 0 Å². The number of hydrogen-bond acceptors (Lipinski definition) is 2. The van der Waals surface area contributed by atoms with Crippen LogP contribution in [0.5, 0.6) is 0 Å². The molecule has 0 aromatic heterocycles. The third kappa shape index (κ3) is 2.83. The van der Waals surface area contributed by atoms with Crippen LogP contribution in [-0.2, 0) is 0 Å². The second-order valence-electron chi connectivity index (χ2n) is 4.39. The summed E-state index contributed by atoms with van der Waals surface area (Å²) in [6.45, 7) is 3.95. The zero-order valence-corrected chi connectivity index (χ0v) is 9.62. The summed E-state index contributed by atoms with van der Waals surface area (Å²) in [4.78, 5) is 11.9. The SMILES string of the molecule is Cc1cccc(C(=O)NC2CCCNC2)c1. The predicted molar refractivity (Wildman–Crippen MR) is 64.5 cm³/mol. The second kappa shape index (κ2) is 5.12. The quantitative estimate of drug-likeness (QED) is 0.789. The van der Waals surface area contributed by atoms with Crippen LogP contribution >= 0.6 is 0 Å². The van der Waals surface area contributed by atoms with Gasteiger partial charge in [-0.15, -0.1) is 0 Å². The molecule has 0 aliphatic carbocycles. The van der Waals surface area contributed by atoms with Gasteiger partial charge in [0.25, 0.3) is 5.91 Å². The summed E-state index contributed by atoms with van der Waals surface area (Å²) in [6, 6.07) is 7.98. The Labute approximate surface area is 96.2 Å². The fraction of sp³-hybridized carbons (Fsp3) is 0.462. The van der Waals surface area contributed by atoms with Gasteiger partial charge in [-0.05, 0) is 38.4 Å². The molecule has 1 aliphatic heterocycles. The van der Waals surface area contributed by atoms with E-state index < -0.39 is 0 Å². The van der Waals surface area contributed by atoms with Crippen LogP contribution in [0, 0.1) is 6.92 Å². The lowest BCUT2D eigenvalue weighted by molar-refractivity contribution is 0.0930. The van der Waals surface area contributed by atoms with E-state index in [0.717, 1.165) is 37.1 Å². The Balaban J connectivity index is 1.97. The molecule has 1 aliphatic rings. The van der Waals surface area contributed by atoms with Gasteiger partial charge in [-0.3, -0.25) is 4.79 Å². The fourth-order valence-corrected chi connectivity index (χ4v) is 2.03. The van der Waals surface area contributed by atoms with Crippen molar-refractivity contribution in [2.45, 2.75) is 25.8 Å². The number of benzene rings is 1. The maximum atomic E-state index is 11.9. The van der Waals surface area contributed by atoms with Gasteiger partial charge in [0.05, 0.1) is 0 Å². The molecule has 1 heterocycles. The molecule has 1 saturated heterocycles. The summed E-state index contributed by atoms with van der Waals surface area (Å²) in [5, 5.41) is 6.35. The maximum Gasteiger partial charge on any atom is 0.251 e. The van der Waals surface area contributed by atoms with Gasteiger partial charge in [-0.25, -0.2) is 0 Å². The summed E-state index contributed by atoms with van der Waals surface area (Å²) >= 11 is 0. The van der Waals surface area contributed by atoms with Gasteiger partial charge in [0.2, 0.25) is 0 Å². The van der Waals surface area contributed by atoms with Crippen molar-refractivity contribution in [2.75, 3.05) is 13.1 Å². The van der Waals surface area contributed by atoms with Gasteiger partial charge >= 0.3 is 0 Å². The van der Waals surface area contributed by atoms with Crippen LogP contribution in [-0.4, -0.2) is 25.0 Å². The highest BCUT2D eigenvalue weighted by Gasteiger charge is 2.15. The molecule has 16 heavy (non-hydrogen) atoms. The lowest BCUT2D eigenvalue weighted by Gasteiger charge is -2.23. The van der Waals surface area contributed by atoms with Crippen molar-refractivity contribution in [3.05, 3.63) is 35.4 Å². The number of carbonyl (C=O) groups excluding carboxylic acids is 1. The van der Waals surface area contributed by atoms with E-state index in [0.29, 0.717) is 0 Å². The molecule has 1 aromatic rings. The van der Waals surface area contributed by atoms with Crippen molar-refractivity contribution < 1.29 is 4.79 Å². The third-order valence-electron chi connectivity index (χ3n) is 2.91. The standard InChI is InChI=1S/C13H18N2O/c1-10-4-2-5-11(8-10)13(16)15-12-6-3-7-14-9-12/h2,4-5,8,12,14H,3,6-7,9H2,1H3,(H,15,16). The minimum atomic E-state index is 0.0393. The molecule has 0 radical (unpaired) electrons. The van der Waals surface area contributed by atoms with Crippen LogP contribution in [0.4, 0.5) is 0 Å². The highest BCUT2D eigenvalue weighted by atomic mass is 16.1. The average Bonchev–Trinajstić information content (AvgIpc) is 2.30. The summed E-state index contributed by atoms with van der Waals surface area (Å²) < 4.78 is 0. The smallest absolute Gasteiger partial charge is 0.251 e. The number of carbonyl (C=O) groups is 1. The zero-order valence-electron chi connectivity index (χ0n) is 9.62. The Morgan fingerprint density at radius 1 is 1.50 bits per heavy atom. The van der Waals surface area contributed by atoms with Crippen molar-refractivity contribution >= 4 is 5.91 Å². The van der Waals surface area contributed by atoms with Crippen molar-refractivity contribution in [1.29, 1.82) is 0 Å². The molecular weight excluding hydrogens is 200 g/mol. The van der Waals surface area contributed by atoms with Gasteiger partial charge in [0, 0.05) is 18.2 Å². The number of amides is 1. The molecule has 0 saturated carbocycles. The molecule has 0 bridgehead atoms. The summed E-state index contributed by atoms with van der Waals surface area (Å²) in [6.07, 6.45) is 2.21. The average molecular weight is 218 g/mol. The molecule has 0 spiro atoms. The van der Waals surface area contributed by atoms with Gasteiger partial charge in [-0.1, -0.05) is 17.7 Å². The van der Waals surface area contributed by atoms with Gasteiger partial charge < -0.3 is 10.6 Å². The molecule has 2 rings (SSSR count). The van der Waals surface area contributed by atoms with E-state index in [1.807, 2.05) is 31.2 Å². The number of piperidine rings is 1. The third-order valence-corrected chi connectivity index (χ3v) is 2.91. The van der Waals surface area contributed by atoms with Crippen LogP contribution in [0.15, 0.2) is 24.3 Å². The second-order valence-corrected chi connectivity index (χ2v) is 4.39. The normalized spacial score (nSPS) is 20.4. The lowest BCUT2D eigenvalue weighted by Crippen LogP contribution is -2.45. The molecule has 2 N–H and O–H groups in total.